The number of halogens is 1. The van der Waals surface area contributed by atoms with Crippen molar-refractivity contribution in [3.05, 3.63) is 65.9 Å². The largest absolute Gasteiger partial charge is 0.486 e. The van der Waals surface area contributed by atoms with Crippen LogP contribution in [0, 0.1) is 12.7 Å². The number of nitrogens with zero attached hydrogens (tertiary/aromatic N) is 3. The van der Waals surface area contributed by atoms with Gasteiger partial charge in [-0.05, 0) is 37.6 Å². The molecule has 1 aromatic carbocycles. The second-order valence-corrected chi connectivity index (χ2v) is 6.51. The fourth-order valence-corrected chi connectivity index (χ4v) is 2.88. The lowest BCUT2D eigenvalue weighted by molar-refractivity contribution is 0.191. The van der Waals surface area contributed by atoms with Gasteiger partial charge in [-0.25, -0.2) is 9.37 Å². The van der Waals surface area contributed by atoms with Crippen molar-refractivity contribution in [2.45, 2.75) is 32.9 Å². The summed E-state index contributed by atoms with van der Waals surface area (Å²) in [5.41, 5.74) is 2.98. The Labute approximate surface area is 164 Å². The molecule has 0 aliphatic carbocycles. The van der Waals surface area contributed by atoms with Crippen LogP contribution < -0.4 is 15.4 Å². The van der Waals surface area contributed by atoms with Crippen LogP contribution in [0.3, 0.4) is 0 Å². The average Bonchev–Trinajstić information content (AvgIpc) is 3.13. The Morgan fingerprint density at radius 2 is 2.04 bits per heavy atom. The number of pyridine rings is 1. The summed E-state index contributed by atoms with van der Waals surface area (Å²) in [6.45, 7) is 5.11. The van der Waals surface area contributed by atoms with Crippen LogP contribution in [-0.2, 0) is 6.54 Å². The zero-order valence-electron chi connectivity index (χ0n) is 16.4. The first kappa shape index (κ1) is 19.7. The number of aromatic nitrogens is 2. The Balaban J connectivity index is 1.54. The number of fused-ring (bicyclic) bond motifs is 1. The van der Waals surface area contributed by atoms with Crippen molar-refractivity contribution in [3.8, 4) is 5.75 Å². The van der Waals surface area contributed by atoms with Crippen molar-refractivity contribution in [2.24, 2.45) is 4.99 Å². The number of ether oxygens (including phenoxy) is 1. The van der Waals surface area contributed by atoms with Gasteiger partial charge in [-0.1, -0.05) is 25.1 Å². The maximum Gasteiger partial charge on any atom is 0.191 e. The summed E-state index contributed by atoms with van der Waals surface area (Å²) in [7, 11) is 1.71. The number of rotatable bonds is 7. The van der Waals surface area contributed by atoms with E-state index in [0.29, 0.717) is 19.0 Å². The first-order valence-corrected chi connectivity index (χ1v) is 9.40. The maximum absolute atomic E-state index is 13.8. The molecule has 0 fully saturated rings. The molecule has 0 aliphatic heterocycles. The van der Waals surface area contributed by atoms with Crippen LogP contribution in [0.5, 0.6) is 5.75 Å². The molecular formula is C21H26FN5O. The molecule has 2 N–H and O–H groups in total. The molecule has 148 valence electrons. The molecule has 1 unspecified atom stereocenters. The van der Waals surface area contributed by atoms with E-state index >= 15 is 0 Å². The summed E-state index contributed by atoms with van der Waals surface area (Å²) < 4.78 is 21.6. The fourth-order valence-electron chi connectivity index (χ4n) is 2.88. The second kappa shape index (κ2) is 9.21. The molecule has 0 bridgehead atoms. The van der Waals surface area contributed by atoms with Crippen LogP contribution in [0.4, 0.5) is 4.39 Å². The van der Waals surface area contributed by atoms with Crippen LogP contribution in [0.1, 0.15) is 24.7 Å². The highest BCUT2D eigenvalue weighted by Gasteiger charge is 2.12. The molecule has 7 heteroatoms. The van der Waals surface area contributed by atoms with Crippen molar-refractivity contribution in [1.29, 1.82) is 0 Å². The monoisotopic (exact) mass is 383 g/mol. The predicted molar refractivity (Wildman–Crippen MR) is 109 cm³/mol. The zero-order chi connectivity index (χ0) is 19.9. The third-order valence-electron chi connectivity index (χ3n) is 4.49. The highest BCUT2D eigenvalue weighted by atomic mass is 19.1. The van der Waals surface area contributed by atoms with Crippen molar-refractivity contribution in [1.82, 2.24) is 20.0 Å². The van der Waals surface area contributed by atoms with Gasteiger partial charge in [0.15, 0.2) is 17.5 Å². The number of benzene rings is 1. The molecule has 0 saturated heterocycles. The van der Waals surface area contributed by atoms with Gasteiger partial charge in [0, 0.05) is 18.9 Å². The summed E-state index contributed by atoms with van der Waals surface area (Å²) in [6, 6.07) is 12.5. The van der Waals surface area contributed by atoms with Crippen molar-refractivity contribution in [2.75, 3.05) is 13.6 Å². The molecular weight excluding hydrogens is 357 g/mol. The Morgan fingerprint density at radius 3 is 2.75 bits per heavy atom. The Bertz CT molecular complexity index is 953. The first-order valence-electron chi connectivity index (χ1n) is 9.40. The molecule has 2 aromatic heterocycles. The van der Waals surface area contributed by atoms with Gasteiger partial charge in [-0.15, -0.1) is 0 Å². The van der Waals surface area contributed by atoms with Gasteiger partial charge in [0.2, 0.25) is 0 Å². The third-order valence-corrected chi connectivity index (χ3v) is 4.49. The van der Waals surface area contributed by atoms with Gasteiger partial charge in [0.1, 0.15) is 11.8 Å². The van der Waals surface area contributed by atoms with E-state index in [2.05, 4.69) is 25.0 Å². The molecule has 6 nitrogen and oxygen atoms in total. The Kier molecular flexibility index (Phi) is 6.47. The fraction of sp³-hybridized carbons (Fsp3) is 0.333. The van der Waals surface area contributed by atoms with E-state index in [1.54, 1.807) is 25.2 Å². The maximum atomic E-state index is 13.8. The lowest BCUT2D eigenvalue weighted by Gasteiger charge is -2.20. The quantitative estimate of drug-likeness (QED) is 0.485. The predicted octanol–water partition coefficient (Wildman–Crippen LogP) is 3.30. The van der Waals surface area contributed by atoms with E-state index in [-0.39, 0.29) is 17.7 Å². The Morgan fingerprint density at radius 1 is 1.21 bits per heavy atom. The standard InChI is InChI=1S/C21H26FN5O/c1-4-17(28-19-10-6-5-9-18(19)22)13-25-21(23-3)24-12-16-14-27-15(2)8-7-11-20(27)26-16/h5-11,14,17H,4,12-13H2,1-3H3,(H2,23,24,25). The van der Waals surface area contributed by atoms with E-state index < -0.39 is 0 Å². The lowest BCUT2D eigenvalue weighted by Crippen LogP contribution is -2.42. The molecule has 3 aromatic rings. The number of hydrogen-bond donors (Lipinski definition) is 2. The topological polar surface area (TPSA) is 63.0 Å². The van der Waals surface area contributed by atoms with Crippen LogP contribution in [0.2, 0.25) is 0 Å². The smallest absolute Gasteiger partial charge is 0.191 e. The van der Waals surface area contributed by atoms with E-state index in [1.165, 1.54) is 6.07 Å². The number of hydrogen-bond acceptors (Lipinski definition) is 3. The van der Waals surface area contributed by atoms with Gasteiger partial charge >= 0.3 is 0 Å². The van der Waals surface area contributed by atoms with Gasteiger partial charge in [-0.3, -0.25) is 4.99 Å². The molecule has 2 heterocycles. The number of para-hydroxylation sites is 1. The van der Waals surface area contributed by atoms with E-state index in [0.717, 1.165) is 23.5 Å². The highest BCUT2D eigenvalue weighted by molar-refractivity contribution is 5.79. The van der Waals surface area contributed by atoms with Gasteiger partial charge in [-0.2, -0.15) is 0 Å². The van der Waals surface area contributed by atoms with Crippen molar-refractivity contribution in [3.63, 3.8) is 0 Å². The molecule has 3 rings (SSSR count). The van der Waals surface area contributed by atoms with Crippen LogP contribution in [0.15, 0.2) is 53.7 Å². The zero-order valence-corrected chi connectivity index (χ0v) is 16.4. The van der Waals surface area contributed by atoms with Gasteiger partial charge in [0.05, 0.1) is 18.8 Å². The summed E-state index contributed by atoms with van der Waals surface area (Å²) in [5, 5.41) is 6.49. The molecule has 0 spiro atoms. The number of imidazole rings is 1. The van der Waals surface area contributed by atoms with Gasteiger partial charge < -0.3 is 19.8 Å². The number of aryl methyl sites for hydroxylation is 1. The number of nitrogens with one attached hydrogen (secondary N) is 2. The third kappa shape index (κ3) is 4.79. The van der Waals surface area contributed by atoms with Crippen LogP contribution >= 0.6 is 0 Å². The van der Waals surface area contributed by atoms with Crippen molar-refractivity contribution < 1.29 is 9.13 Å². The molecule has 0 amide bonds. The average molecular weight is 383 g/mol. The number of aliphatic imine (C=N–C) groups is 1. The lowest BCUT2D eigenvalue weighted by atomic mass is 10.2. The highest BCUT2D eigenvalue weighted by Crippen LogP contribution is 2.17. The van der Waals surface area contributed by atoms with Crippen molar-refractivity contribution >= 4 is 11.6 Å². The number of guanidine groups is 1. The molecule has 0 radical (unpaired) electrons. The molecule has 0 saturated carbocycles. The SMILES string of the molecule is CCC(CNC(=NC)NCc1cn2c(C)cccc2n1)Oc1ccccc1F. The molecule has 0 aliphatic rings. The van der Waals surface area contributed by atoms with Crippen LogP contribution in [0.25, 0.3) is 5.65 Å². The first-order chi connectivity index (χ1) is 13.6. The minimum atomic E-state index is -0.356. The van der Waals surface area contributed by atoms with E-state index in [4.69, 9.17) is 4.74 Å². The van der Waals surface area contributed by atoms with E-state index in [1.807, 2.05) is 38.2 Å². The minimum Gasteiger partial charge on any atom is -0.486 e. The van der Waals surface area contributed by atoms with E-state index in [9.17, 15) is 4.39 Å². The second-order valence-electron chi connectivity index (χ2n) is 6.51. The summed E-state index contributed by atoms with van der Waals surface area (Å²) in [6.07, 6.45) is 2.58. The van der Waals surface area contributed by atoms with Gasteiger partial charge in [0.25, 0.3) is 0 Å². The summed E-state index contributed by atoms with van der Waals surface area (Å²) >= 11 is 0. The molecule has 1 atom stereocenters. The van der Waals surface area contributed by atoms with Crippen LogP contribution in [-0.4, -0.2) is 35.0 Å². The normalized spacial score (nSPS) is 12.8. The summed E-state index contributed by atoms with van der Waals surface area (Å²) in [5.74, 6) is 0.550. The summed E-state index contributed by atoms with van der Waals surface area (Å²) in [4.78, 5) is 8.84. The Hall–Kier alpha value is -3.09. The molecule has 28 heavy (non-hydrogen) atoms. The minimum absolute atomic E-state index is 0.173.